The second-order valence-electron chi connectivity index (χ2n) is 6.29. The van der Waals surface area contributed by atoms with E-state index in [1.54, 1.807) is 0 Å². The average molecular weight is 266 g/mol. The molecule has 0 amide bonds. The van der Waals surface area contributed by atoms with Gasteiger partial charge in [-0.25, -0.2) is 0 Å². The lowest BCUT2D eigenvalue weighted by atomic mass is 9.71. The Bertz CT molecular complexity index is 301. The SMILES string of the molecule is OC1CCC(C2CCC(C#CCCCF)CC2)CC1. The van der Waals surface area contributed by atoms with Gasteiger partial charge in [0.15, 0.2) is 0 Å². The van der Waals surface area contributed by atoms with Crippen LogP contribution >= 0.6 is 0 Å². The molecule has 0 aromatic heterocycles. The number of hydrogen-bond donors (Lipinski definition) is 1. The summed E-state index contributed by atoms with van der Waals surface area (Å²) in [5.41, 5.74) is 0. The highest BCUT2D eigenvalue weighted by atomic mass is 19.1. The van der Waals surface area contributed by atoms with Crippen molar-refractivity contribution in [3.05, 3.63) is 0 Å². The zero-order valence-electron chi connectivity index (χ0n) is 11.9. The molecule has 2 rings (SSSR count). The lowest BCUT2D eigenvalue weighted by molar-refractivity contribution is 0.0797. The molecule has 1 N–H and O–H groups in total. The predicted molar refractivity (Wildman–Crippen MR) is 76.4 cm³/mol. The molecule has 108 valence electrons. The molecule has 0 bridgehead atoms. The monoisotopic (exact) mass is 266 g/mol. The van der Waals surface area contributed by atoms with E-state index in [9.17, 15) is 9.50 Å². The summed E-state index contributed by atoms with van der Waals surface area (Å²) in [6, 6.07) is 0. The molecule has 0 aromatic rings. The van der Waals surface area contributed by atoms with Crippen LogP contribution in [0.1, 0.15) is 64.2 Å². The van der Waals surface area contributed by atoms with Gasteiger partial charge in [-0.05, 0) is 69.6 Å². The van der Waals surface area contributed by atoms with Gasteiger partial charge in [0.25, 0.3) is 0 Å². The van der Waals surface area contributed by atoms with Crippen molar-refractivity contribution in [2.45, 2.75) is 70.3 Å². The van der Waals surface area contributed by atoms with Crippen molar-refractivity contribution in [3.8, 4) is 11.8 Å². The number of aliphatic hydroxyl groups is 1. The third-order valence-corrected chi connectivity index (χ3v) is 4.92. The van der Waals surface area contributed by atoms with Crippen molar-refractivity contribution in [2.24, 2.45) is 17.8 Å². The fourth-order valence-electron chi connectivity index (χ4n) is 3.68. The molecule has 0 aromatic carbocycles. The molecule has 2 aliphatic rings. The van der Waals surface area contributed by atoms with E-state index in [0.717, 1.165) is 31.1 Å². The fraction of sp³-hybridized carbons (Fsp3) is 0.882. The Balaban J connectivity index is 1.68. The fourth-order valence-corrected chi connectivity index (χ4v) is 3.68. The second kappa shape index (κ2) is 7.90. The summed E-state index contributed by atoms with van der Waals surface area (Å²) in [7, 11) is 0. The van der Waals surface area contributed by atoms with Gasteiger partial charge < -0.3 is 5.11 Å². The summed E-state index contributed by atoms with van der Waals surface area (Å²) in [6.07, 6.45) is 10.8. The van der Waals surface area contributed by atoms with E-state index in [1.807, 2.05) is 0 Å². The van der Waals surface area contributed by atoms with Crippen LogP contribution in [0.15, 0.2) is 0 Å². The smallest absolute Gasteiger partial charge is 0.0903 e. The Morgan fingerprint density at radius 2 is 1.47 bits per heavy atom. The Hall–Kier alpha value is -0.550. The quantitative estimate of drug-likeness (QED) is 0.602. The lowest BCUT2D eigenvalue weighted by Gasteiger charge is -2.35. The maximum Gasteiger partial charge on any atom is 0.0903 e. The third-order valence-electron chi connectivity index (χ3n) is 4.92. The van der Waals surface area contributed by atoms with Crippen molar-refractivity contribution < 1.29 is 9.50 Å². The first kappa shape index (κ1) is 14.9. The zero-order valence-corrected chi connectivity index (χ0v) is 11.9. The van der Waals surface area contributed by atoms with Crippen LogP contribution in [-0.2, 0) is 0 Å². The molecule has 1 nitrogen and oxygen atoms in total. The summed E-state index contributed by atoms with van der Waals surface area (Å²) in [5, 5.41) is 9.56. The Labute approximate surface area is 117 Å². The van der Waals surface area contributed by atoms with Crippen LogP contribution in [-0.4, -0.2) is 17.9 Å². The van der Waals surface area contributed by atoms with Crippen molar-refractivity contribution in [3.63, 3.8) is 0 Å². The maximum absolute atomic E-state index is 12.0. The molecule has 0 unspecified atom stereocenters. The first-order chi connectivity index (χ1) is 9.29. The predicted octanol–water partition coefficient (Wildman–Crippen LogP) is 4.10. The standard InChI is InChI=1S/C17H27FO/c18-13-3-1-2-4-14-5-7-15(8-6-14)16-9-11-17(19)12-10-16/h14-17,19H,1,3,5-13H2. The third kappa shape index (κ3) is 4.80. The van der Waals surface area contributed by atoms with Gasteiger partial charge in [0.05, 0.1) is 12.8 Å². The molecule has 0 atom stereocenters. The van der Waals surface area contributed by atoms with Gasteiger partial charge in [0.2, 0.25) is 0 Å². The molecule has 2 saturated carbocycles. The highest BCUT2D eigenvalue weighted by molar-refractivity contribution is 5.05. The summed E-state index contributed by atoms with van der Waals surface area (Å²) in [6.45, 7) is -0.241. The number of unbranched alkanes of at least 4 members (excludes halogenated alkanes) is 1. The number of rotatable bonds is 3. The minimum Gasteiger partial charge on any atom is -0.393 e. The molecule has 0 saturated heterocycles. The largest absolute Gasteiger partial charge is 0.393 e. The number of alkyl halides is 1. The second-order valence-corrected chi connectivity index (χ2v) is 6.29. The highest BCUT2D eigenvalue weighted by Gasteiger charge is 2.29. The molecule has 0 aliphatic heterocycles. The van der Waals surface area contributed by atoms with E-state index in [2.05, 4.69) is 11.8 Å². The van der Waals surface area contributed by atoms with Gasteiger partial charge in [0.1, 0.15) is 0 Å². The maximum atomic E-state index is 12.0. The van der Waals surface area contributed by atoms with Gasteiger partial charge in [-0.2, -0.15) is 0 Å². The van der Waals surface area contributed by atoms with E-state index in [4.69, 9.17) is 0 Å². The molecule has 0 heterocycles. The minimum absolute atomic E-state index is 0.0334. The zero-order chi connectivity index (χ0) is 13.5. The summed E-state index contributed by atoms with van der Waals surface area (Å²) in [4.78, 5) is 0. The van der Waals surface area contributed by atoms with E-state index >= 15 is 0 Å². The molecule has 2 fully saturated rings. The van der Waals surface area contributed by atoms with Crippen LogP contribution in [0.5, 0.6) is 0 Å². The van der Waals surface area contributed by atoms with Gasteiger partial charge in [-0.3, -0.25) is 4.39 Å². The van der Waals surface area contributed by atoms with Crippen LogP contribution in [0.3, 0.4) is 0 Å². The van der Waals surface area contributed by atoms with Crippen LogP contribution in [0.4, 0.5) is 4.39 Å². The van der Waals surface area contributed by atoms with Gasteiger partial charge in [-0.1, -0.05) is 5.92 Å². The summed E-state index contributed by atoms with van der Waals surface area (Å²) in [5.74, 6) is 8.75. The Morgan fingerprint density at radius 1 is 0.895 bits per heavy atom. The van der Waals surface area contributed by atoms with Crippen molar-refractivity contribution in [1.29, 1.82) is 0 Å². The van der Waals surface area contributed by atoms with Crippen molar-refractivity contribution in [1.82, 2.24) is 0 Å². The van der Waals surface area contributed by atoms with E-state index in [-0.39, 0.29) is 12.8 Å². The molecule has 19 heavy (non-hydrogen) atoms. The molecule has 2 aliphatic carbocycles. The molecule has 2 heteroatoms. The Kier molecular flexibility index (Phi) is 6.17. The highest BCUT2D eigenvalue weighted by Crippen LogP contribution is 2.39. The first-order valence-electron chi connectivity index (χ1n) is 8.02. The lowest BCUT2D eigenvalue weighted by Crippen LogP contribution is -2.27. The first-order valence-corrected chi connectivity index (χ1v) is 8.02. The van der Waals surface area contributed by atoms with Crippen LogP contribution in [0.25, 0.3) is 0 Å². The van der Waals surface area contributed by atoms with Gasteiger partial charge >= 0.3 is 0 Å². The summed E-state index contributed by atoms with van der Waals surface area (Å²) < 4.78 is 12.0. The Morgan fingerprint density at radius 3 is 2.05 bits per heavy atom. The number of halogens is 1. The summed E-state index contributed by atoms with van der Waals surface area (Å²) >= 11 is 0. The van der Waals surface area contributed by atoms with E-state index in [1.165, 1.54) is 38.5 Å². The van der Waals surface area contributed by atoms with Crippen LogP contribution < -0.4 is 0 Å². The minimum atomic E-state index is -0.241. The number of aliphatic hydroxyl groups excluding tert-OH is 1. The molecular weight excluding hydrogens is 239 g/mol. The average Bonchev–Trinajstić information content (AvgIpc) is 2.45. The van der Waals surface area contributed by atoms with Gasteiger partial charge in [0, 0.05) is 12.3 Å². The molecule has 0 radical (unpaired) electrons. The van der Waals surface area contributed by atoms with Crippen molar-refractivity contribution in [2.75, 3.05) is 6.67 Å². The molecule has 0 spiro atoms. The topological polar surface area (TPSA) is 20.2 Å². The van der Waals surface area contributed by atoms with E-state index < -0.39 is 0 Å². The molecular formula is C17H27FO. The van der Waals surface area contributed by atoms with Crippen LogP contribution in [0.2, 0.25) is 0 Å². The number of hydrogen-bond acceptors (Lipinski definition) is 1. The van der Waals surface area contributed by atoms with E-state index in [0.29, 0.717) is 12.3 Å². The van der Waals surface area contributed by atoms with Crippen LogP contribution in [0, 0.1) is 29.6 Å². The van der Waals surface area contributed by atoms with Gasteiger partial charge in [-0.15, -0.1) is 5.92 Å². The normalized spacial score (nSPS) is 35.5. The van der Waals surface area contributed by atoms with Crippen molar-refractivity contribution >= 4 is 0 Å².